The van der Waals surface area contributed by atoms with Gasteiger partial charge in [0.15, 0.2) is 0 Å². The molecule has 186 valence electrons. The predicted octanol–water partition coefficient (Wildman–Crippen LogP) is 12.1. The van der Waals surface area contributed by atoms with Crippen molar-refractivity contribution in [3.63, 3.8) is 0 Å². The Hall–Kier alpha value is -3.02. The van der Waals surface area contributed by atoms with Crippen LogP contribution in [0.1, 0.15) is 19.5 Å². The van der Waals surface area contributed by atoms with E-state index in [4.69, 9.17) is 0 Å². The lowest BCUT2D eigenvalue weighted by atomic mass is 9.85. The average Bonchev–Trinajstić information content (AvgIpc) is 3.71. The van der Waals surface area contributed by atoms with Gasteiger partial charge in [-0.15, -0.1) is 45.3 Å². The molecule has 0 aliphatic heterocycles. The second-order valence-electron chi connectivity index (χ2n) is 9.82. The van der Waals surface area contributed by atoms with Crippen molar-refractivity contribution in [3.05, 3.63) is 104 Å². The Bertz CT molecular complexity index is 1830. The molecule has 0 saturated carbocycles. The maximum Gasteiger partial charge on any atom is 0.0451 e. The molecule has 0 aliphatic rings. The highest BCUT2D eigenvalue weighted by Gasteiger charge is 2.23. The minimum absolute atomic E-state index is 1.32. The summed E-state index contributed by atoms with van der Waals surface area (Å²) >= 11 is 7.60. The summed E-state index contributed by atoms with van der Waals surface area (Å²) in [4.78, 5) is 10.9. The molecule has 7 rings (SSSR count). The van der Waals surface area contributed by atoms with E-state index in [9.17, 15) is 0 Å². The predicted molar refractivity (Wildman–Crippen MR) is 174 cm³/mol. The second-order valence-corrected chi connectivity index (χ2v) is 14.9. The van der Waals surface area contributed by atoms with Gasteiger partial charge in [-0.3, -0.25) is 0 Å². The highest BCUT2D eigenvalue weighted by molar-refractivity contribution is 7.23. The molecule has 3 aromatic carbocycles. The highest BCUT2D eigenvalue weighted by atomic mass is 32.1. The lowest BCUT2D eigenvalue weighted by molar-refractivity contribution is 1.58. The Balaban J connectivity index is 1.58. The summed E-state index contributed by atoms with van der Waals surface area (Å²) in [5.41, 5.74) is 5.43. The number of hydrogen-bond acceptors (Lipinski definition) is 4. The average molecular weight is 563 g/mol. The zero-order valence-electron chi connectivity index (χ0n) is 21.7. The Kier molecular flexibility index (Phi) is 5.90. The highest BCUT2D eigenvalue weighted by Crippen LogP contribution is 2.51. The van der Waals surface area contributed by atoms with Gasteiger partial charge in [0.05, 0.1) is 0 Å². The van der Waals surface area contributed by atoms with Gasteiger partial charge in [-0.05, 0) is 108 Å². The fourth-order valence-electron chi connectivity index (χ4n) is 5.54. The number of benzene rings is 3. The summed E-state index contributed by atoms with van der Waals surface area (Å²) in [5, 5.41) is 5.30. The summed E-state index contributed by atoms with van der Waals surface area (Å²) in [6.07, 6.45) is 0. The minimum atomic E-state index is 1.32. The molecule has 0 aliphatic carbocycles. The first-order valence-electron chi connectivity index (χ1n) is 12.8. The number of fused-ring (bicyclic) bond motifs is 3. The molecule has 0 bridgehead atoms. The van der Waals surface area contributed by atoms with E-state index in [0.29, 0.717) is 0 Å². The van der Waals surface area contributed by atoms with Crippen LogP contribution in [-0.2, 0) is 0 Å². The standard InChI is InChI=1S/C34H26S4/c1-19-13-15-29(35-19)31-17-27(21(3)37-31)33-25-11-7-5-9-23(25)24-10-6-8-12-26(24)34(33)28-18-32(38-22(28)4)30-16-14-20(2)36-30/h5-18H,1-4H3. The van der Waals surface area contributed by atoms with Crippen LogP contribution in [0.5, 0.6) is 0 Å². The zero-order chi connectivity index (χ0) is 26.0. The van der Waals surface area contributed by atoms with E-state index in [-0.39, 0.29) is 0 Å². The summed E-state index contributed by atoms with van der Waals surface area (Å²) < 4.78 is 0. The second kappa shape index (κ2) is 9.32. The quantitative estimate of drug-likeness (QED) is 0.187. The van der Waals surface area contributed by atoms with Crippen molar-refractivity contribution < 1.29 is 0 Å². The van der Waals surface area contributed by atoms with Gasteiger partial charge in [0, 0.05) is 39.0 Å². The molecule has 0 amide bonds. The van der Waals surface area contributed by atoms with Crippen LogP contribution in [0.25, 0.3) is 63.3 Å². The molecule has 4 aromatic heterocycles. The Labute approximate surface area is 239 Å². The van der Waals surface area contributed by atoms with Gasteiger partial charge in [0.2, 0.25) is 0 Å². The van der Waals surface area contributed by atoms with E-state index < -0.39 is 0 Å². The van der Waals surface area contributed by atoms with Crippen molar-refractivity contribution >= 4 is 66.9 Å². The van der Waals surface area contributed by atoms with Crippen molar-refractivity contribution in [1.82, 2.24) is 0 Å². The molecule has 38 heavy (non-hydrogen) atoms. The third-order valence-electron chi connectivity index (χ3n) is 7.27. The minimum Gasteiger partial charge on any atom is -0.140 e. The van der Waals surface area contributed by atoms with Crippen molar-refractivity contribution in [2.24, 2.45) is 0 Å². The smallest absolute Gasteiger partial charge is 0.0451 e. The third-order valence-corrected chi connectivity index (χ3v) is 11.8. The lowest BCUT2D eigenvalue weighted by Gasteiger charge is -2.18. The molecule has 0 nitrogen and oxygen atoms in total. The molecule has 0 N–H and O–H groups in total. The van der Waals surface area contributed by atoms with Crippen LogP contribution in [0, 0.1) is 27.7 Å². The fourth-order valence-corrected chi connectivity index (χ4v) is 9.49. The van der Waals surface area contributed by atoms with Crippen molar-refractivity contribution in [2.75, 3.05) is 0 Å². The Morgan fingerprint density at radius 3 is 1.16 bits per heavy atom. The van der Waals surface area contributed by atoms with Crippen LogP contribution in [0.3, 0.4) is 0 Å². The maximum absolute atomic E-state index is 2.44. The van der Waals surface area contributed by atoms with Crippen molar-refractivity contribution in [3.8, 4) is 41.8 Å². The largest absolute Gasteiger partial charge is 0.140 e. The van der Waals surface area contributed by atoms with E-state index in [1.54, 1.807) is 0 Å². The van der Waals surface area contributed by atoms with Crippen molar-refractivity contribution in [2.45, 2.75) is 27.7 Å². The Morgan fingerprint density at radius 1 is 0.395 bits per heavy atom. The number of hydrogen-bond donors (Lipinski definition) is 0. The van der Waals surface area contributed by atoms with Crippen LogP contribution in [-0.4, -0.2) is 0 Å². The van der Waals surface area contributed by atoms with Crippen LogP contribution in [0.4, 0.5) is 0 Å². The molecular weight excluding hydrogens is 537 g/mol. The zero-order valence-corrected chi connectivity index (χ0v) is 25.0. The molecule has 0 spiro atoms. The molecule has 0 unspecified atom stereocenters. The first-order chi connectivity index (χ1) is 18.5. The van der Waals surface area contributed by atoms with Gasteiger partial charge < -0.3 is 0 Å². The monoisotopic (exact) mass is 562 g/mol. The SMILES string of the molecule is Cc1ccc(-c2cc(-c3c(-c4cc(-c5ccc(C)s5)sc4C)c4ccccc4c4ccccc34)c(C)s2)s1. The topological polar surface area (TPSA) is 0 Å². The molecule has 0 atom stereocenters. The molecule has 0 fully saturated rings. The summed E-state index contributed by atoms with van der Waals surface area (Å²) in [6.45, 7) is 8.96. The molecule has 0 radical (unpaired) electrons. The van der Waals surface area contributed by atoms with Gasteiger partial charge in [0.1, 0.15) is 0 Å². The van der Waals surface area contributed by atoms with E-state index >= 15 is 0 Å². The summed E-state index contributed by atoms with van der Waals surface area (Å²) in [5.74, 6) is 0. The van der Waals surface area contributed by atoms with Gasteiger partial charge in [0.25, 0.3) is 0 Å². The molecule has 4 heterocycles. The molecular formula is C34H26S4. The van der Waals surface area contributed by atoms with Crippen LogP contribution >= 0.6 is 45.3 Å². The maximum atomic E-state index is 2.44. The van der Waals surface area contributed by atoms with Crippen LogP contribution in [0.2, 0.25) is 0 Å². The normalized spacial score (nSPS) is 11.7. The van der Waals surface area contributed by atoms with Gasteiger partial charge in [-0.1, -0.05) is 48.5 Å². The van der Waals surface area contributed by atoms with E-state index in [2.05, 4.69) is 113 Å². The molecule has 7 aromatic rings. The number of rotatable bonds is 4. The van der Waals surface area contributed by atoms with Gasteiger partial charge >= 0.3 is 0 Å². The van der Waals surface area contributed by atoms with Crippen molar-refractivity contribution in [1.29, 1.82) is 0 Å². The fraction of sp³-hybridized carbons (Fsp3) is 0.118. The van der Waals surface area contributed by atoms with E-state index in [1.165, 1.54) is 82.8 Å². The van der Waals surface area contributed by atoms with E-state index in [1.807, 2.05) is 45.3 Å². The molecule has 4 heteroatoms. The lowest BCUT2D eigenvalue weighted by Crippen LogP contribution is -1.91. The van der Waals surface area contributed by atoms with Gasteiger partial charge in [-0.2, -0.15) is 0 Å². The van der Waals surface area contributed by atoms with E-state index in [0.717, 1.165) is 0 Å². The Morgan fingerprint density at radius 2 is 0.789 bits per heavy atom. The summed E-state index contributed by atoms with van der Waals surface area (Å²) in [6, 6.07) is 31.8. The molecule has 0 saturated heterocycles. The summed E-state index contributed by atoms with van der Waals surface area (Å²) in [7, 11) is 0. The number of aryl methyl sites for hydroxylation is 4. The first kappa shape index (κ1) is 24.1. The van der Waals surface area contributed by atoms with Gasteiger partial charge in [-0.25, -0.2) is 0 Å². The third kappa shape index (κ3) is 3.90. The number of thiophene rings is 4. The van der Waals surface area contributed by atoms with Crippen LogP contribution < -0.4 is 0 Å². The van der Waals surface area contributed by atoms with Crippen LogP contribution in [0.15, 0.2) is 84.9 Å². The first-order valence-corrected chi connectivity index (χ1v) is 16.0.